The highest BCUT2D eigenvalue weighted by Crippen LogP contribution is 2.44. The van der Waals surface area contributed by atoms with E-state index in [0.717, 1.165) is 24.4 Å². The van der Waals surface area contributed by atoms with Crippen molar-refractivity contribution in [2.24, 2.45) is 16.8 Å². The minimum absolute atomic E-state index is 0.731. The van der Waals surface area contributed by atoms with Crippen molar-refractivity contribution in [3.05, 3.63) is 0 Å². The van der Waals surface area contributed by atoms with Gasteiger partial charge in [0.15, 0.2) is 5.96 Å². The van der Waals surface area contributed by atoms with Crippen LogP contribution in [0.15, 0.2) is 4.99 Å². The van der Waals surface area contributed by atoms with Gasteiger partial charge < -0.3 is 10.2 Å². The molecule has 0 aromatic rings. The molecule has 1 aliphatic heterocycles. The summed E-state index contributed by atoms with van der Waals surface area (Å²) in [4.78, 5) is 7.16. The topological polar surface area (TPSA) is 27.6 Å². The van der Waals surface area contributed by atoms with Crippen molar-refractivity contribution < 1.29 is 0 Å². The van der Waals surface area contributed by atoms with E-state index in [1.807, 2.05) is 0 Å². The molecule has 1 heterocycles. The molecule has 0 aromatic heterocycles. The second-order valence-electron chi connectivity index (χ2n) is 6.54. The molecule has 0 radical (unpaired) electrons. The molecule has 1 N–H and O–H groups in total. The minimum Gasteiger partial charge on any atom is -0.353 e. The average Bonchev–Trinajstić information content (AvgIpc) is 3.00. The highest BCUT2D eigenvalue weighted by molar-refractivity contribution is 5.80. The Morgan fingerprint density at radius 1 is 1.11 bits per heavy atom. The van der Waals surface area contributed by atoms with E-state index in [1.54, 1.807) is 0 Å². The predicted molar refractivity (Wildman–Crippen MR) is 80.4 cm³/mol. The molecule has 1 saturated heterocycles. The molecular formula is C16H29N3. The minimum atomic E-state index is 0.731. The van der Waals surface area contributed by atoms with Gasteiger partial charge in [-0.25, -0.2) is 0 Å². The van der Waals surface area contributed by atoms with Crippen LogP contribution in [0.1, 0.15) is 58.3 Å². The van der Waals surface area contributed by atoms with Crippen LogP contribution in [0.25, 0.3) is 0 Å². The lowest BCUT2D eigenvalue weighted by Crippen LogP contribution is -2.41. The number of nitrogens with zero attached hydrogens (tertiary/aromatic N) is 2. The molecule has 2 aliphatic carbocycles. The lowest BCUT2D eigenvalue weighted by molar-refractivity contribution is 0.314. The smallest absolute Gasteiger partial charge is 0.194 e. The summed E-state index contributed by atoms with van der Waals surface area (Å²) in [5.41, 5.74) is 0. The van der Waals surface area contributed by atoms with Gasteiger partial charge in [0.1, 0.15) is 0 Å². The predicted octanol–water partition coefficient (Wildman–Crippen LogP) is 3.02. The van der Waals surface area contributed by atoms with Crippen LogP contribution >= 0.6 is 0 Å². The van der Waals surface area contributed by atoms with Gasteiger partial charge in [-0.05, 0) is 38.0 Å². The second kappa shape index (κ2) is 6.15. The third-order valence-corrected chi connectivity index (χ3v) is 5.12. The van der Waals surface area contributed by atoms with Crippen LogP contribution in [0.4, 0.5) is 0 Å². The van der Waals surface area contributed by atoms with E-state index < -0.39 is 0 Å². The summed E-state index contributed by atoms with van der Waals surface area (Å²) in [6, 6.07) is 0.731. The summed E-state index contributed by atoms with van der Waals surface area (Å²) in [5, 5.41) is 3.76. The number of guanidine groups is 1. The van der Waals surface area contributed by atoms with E-state index in [1.165, 1.54) is 70.4 Å². The first-order valence-corrected chi connectivity index (χ1v) is 8.44. The number of rotatable bonds is 3. The highest BCUT2D eigenvalue weighted by atomic mass is 15.3. The van der Waals surface area contributed by atoms with Gasteiger partial charge in [0.05, 0.1) is 0 Å². The van der Waals surface area contributed by atoms with E-state index in [0.29, 0.717) is 0 Å². The average molecular weight is 263 g/mol. The van der Waals surface area contributed by atoms with Gasteiger partial charge in [0, 0.05) is 25.7 Å². The Hall–Kier alpha value is -0.730. The van der Waals surface area contributed by atoms with Crippen molar-refractivity contribution in [2.45, 2.75) is 64.3 Å². The molecule has 3 nitrogen and oxygen atoms in total. The summed E-state index contributed by atoms with van der Waals surface area (Å²) in [5.74, 6) is 3.15. The zero-order valence-electron chi connectivity index (χ0n) is 12.4. The van der Waals surface area contributed by atoms with Crippen LogP contribution in [0.2, 0.25) is 0 Å². The van der Waals surface area contributed by atoms with E-state index in [2.05, 4.69) is 17.1 Å². The number of aliphatic imine (C=N–C) groups is 1. The maximum absolute atomic E-state index is 4.70. The lowest BCUT2D eigenvalue weighted by Gasteiger charge is -2.24. The van der Waals surface area contributed by atoms with Gasteiger partial charge in [-0.2, -0.15) is 0 Å². The van der Waals surface area contributed by atoms with E-state index in [4.69, 9.17) is 4.99 Å². The molecule has 0 amide bonds. The molecule has 0 spiro atoms. The van der Waals surface area contributed by atoms with Gasteiger partial charge >= 0.3 is 0 Å². The Bertz CT molecular complexity index is 314. The molecule has 2 atom stereocenters. The fourth-order valence-corrected chi connectivity index (χ4v) is 3.95. The quantitative estimate of drug-likeness (QED) is 0.626. The molecule has 0 aromatic carbocycles. The van der Waals surface area contributed by atoms with Crippen LogP contribution < -0.4 is 5.32 Å². The first-order chi connectivity index (χ1) is 9.38. The monoisotopic (exact) mass is 263 g/mol. The van der Waals surface area contributed by atoms with E-state index in [9.17, 15) is 0 Å². The molecule has 2 saturated carbocycles. The van der Waals surface area contributed by atoms with Crippen LogP contribution in [0.5, 0.6) is 0 Å². The standard InChI is InChI=1S/C16H29N3/c1-2-17-16(19-10-6-7-11-19)18-15-12-14(15)13-8-4-3-5-9-13/h13-15H,2-12H2,1H3,(H,17,18). The van der Waals surface area contributed by atoms with Gasteiger partial charge in [-0.3, -0.25) is 4.99 Å². The summed E-state index contributed by atoms with van der Waals surface area (Å²) in [6.07, 6.45) is 11.4. The summed E-state index contributed by atoms with van der Waals surface area (Å²) >= 11 is 0. The number of nitrogens with one attached hydrogen (secondary N) is 1. The molecule has 108 valence electrons. The fraction of sp³-hybridized carbons (Fsp3) is 0.938. The van der Waals surface area contributed by atoms with Crippen molar-refractivity contribution in [1.82, 2.24) is 10.2 Å². The van der Waals surface area contributed by atoms with Crippen molar-refractivity contribution in [1.29, 1.82) is 0 Å². The molecule has 19 heavy (non-hydrogen) atoms. The zero-order valence-corrected chi connectivity index (χ0v) is 12.4. The Balaban J connectivity index is 1.51. The number of hydrogen-bond acceptors (Lipinski definition) is 1. The van der Waals surface area contributed by atoms with Gasteiger partial charge in [-0.15, -0.1) is 0 Å². The van der Waals surface area contributed by atoms with Crippen molar-refractivity contribution >= 4 is 5.96 Å². The summed E-state index contributed by atoms with van der Waals surface area (Å²) < 4.78 is 0. The second-order valence-corrected chi connectivity index (χ2v) is 6.54. The summed E-state index contributed by atoms with van der Waals surface area (Å²) in [6.45, 7) is 5.45. The molecule has 3 fully saturated rings. The Morgan fingerprint density at radius 3 is 2.53 bits per heavy atom. The normalized spacial score (nSPS) is 32.7. The Labute approximate surface area is 117 Å². The maximum Gasteiger partial charge on any atom is 0.194 e. The first kappa shape index (κ1) is 13.3. The maximum atomic E-state index is 4.70. The molecule has 3 aliphatic rings. The highest BCUT2D eigenvalue weighted by Gasteiger charge is 2.43. The fourth-order valence-electron chi connectivity index (χ4n) is 3.95. The van der Waals surface area contributed by atoms with Crippen LogP contribution in [-0.4, -0.2) is 36.5 Å². The molecular weight excluding hydrogens is 234 g/mol. The van der Waals surface area contributed by atoms with Crippen molar-refractivity contribution in [3.63, 3.8) is 0 Å². The lowest BCUT2D eigenvalue weighted by atomic mass is 9.85. The van der Waals surface area contributed by atoms with E-state index >= 15 is 0 Å². The third-order valence-electron chi connectivity index (χ3n) is 5.12. The van der Waals surface area contributed by atoms with Gasteiger partial charge in [-0.1, -0.05) is 32.1 Å². The largest absolute Gasteiger partial charge is 0.353 e. The summed E-state index contributed by atoms with van der Waals surface area (Å²) in [7, 11) is 0. The molecule has 2 unspecified atom stereocenters. The van der Waals surface area contributed by atoms with Gasteiger partial charge in [0.25, 0.3) is 0 Å². The van der Waals surface area contributed by atoms with Crippen LogP contribution in [0.3, 0.4) is 0 Å². The number of likely N-dealkylation sites (tertiary alicyclic amines) is 1. The van der Waals surface area contributed by atoms with Crippen LogP contribution in [-0.2, 0) is 0 Å². The molecule has 0 bridgehead atoms. The Kier molecular flexibility index (Phi) is 4.29. The van der Waals surface area contributed by atoms with Crippen molar-refractivity contribution in [2.75, 3.05) is 19.6 Å². The first-order valence-electron chi connectivity index (χ1n) is 8.44. The Morgan fingerprint density at radius 2 is 1.84 bits per heavy atom. The van der Waals surface area contributed by atoms with Crippen molar-refractivity contribution in [3.8, 4) is 0 Å². The van der Waals surface area contributed by atoms with Gasteiger partial charge in [0.2, 0.25) is 0 Å². The third kappa shape index (κ3) is 3.24. The zero-order chi connectivity index (χ0) is 13.1. The van der Waals surface area contributed by atoms with E-state index in [-0.39, 0.29) is 0 Å². The molecule has 3 rings (SSSR count). The SMILES string of the molecule is CCN=C(NC1CC1C1CCCCC1)N1CCCC1. The molecule has 3 heteroatoms. The number of hydrogen-bond donors (Lipinski definition) is 1. The van der Waals surface area contributed by atoms with Crippen LogP contribution in [0, 0.1) is 11.8 Å².